The molecule has 1 aliphatic carbocycles. The predicted octanol–water partition coefficient (Wildman–Crippen LogP) is -0.744. The van der Waals surface area contributed by atoms with E-state index in [2.05, 4.69) is 0 Å². The summed E-state index contributed by atoms with van der Waals surface area (Å²) in [5, 5.41) is 22.2. The van der Waals surface area contributed by atoms with Crippen LogP contribution in [0.4, 0.5) is 0 Å². The van der Waals surface area contributed by atoms with Crippen molar-refractivity contribution in [2.24, 2.45) is 16.2 Å². The quantitative estimate of drug-likeness (QED) is 0.558. The minimum absolute atomic E-state index is 0.0679. The van der Waals surface area contributed by atoms with Crippen LogP contribution in [-0.4, -0.2) is 52.2 Å². The van der Waals surface area contributed by atoms with Crippen LogP contribution in [0, 0.1) is 16.2 Å². The van der Waals surface area contributed by atoms with Crippen LogP contribution in [0.5, 0.6) is 0 Å². The van der Waals surface area contributed by atoms with Crippen molar-refractivity contribution in [1.82, 2.24) is 0 Å². The average molecular weight is 326 g/mol. The Morgan fingerprint density at radius 2 is 1.78 bits per heavy atom. The molecule has 126 valence electrons. The van der Waals surface area contributed by atoms with Gasteiger partial charge in [0.05, 0.1) is 12.0 Å². The van der Waals surface area contributed by atoms with E-state index in [9.17, 15) is 24.6 Å². The molecule has 1 unspecified atom stereocenters. The fourth-order valence-electron chi connectivity index (χ4n) is 5.15. The van der Waals surface area contributed by atoms with E-state index in [1.165, 1.54) is 0 Å². The number of carbonyl (C=O) groups excluding carboxylic acids is 3. The first kappa shape index (κ1) is 14.9. The standard InChI is InChI=1S/C15H18O8/c1-12(2,3)14(20)4-6-13(5-7(16)21-6)10(19)23-11-15(13,14)8(17)9(18)22-11/h6,8,11,17,20H,4-5H2,1-3H3/t6-,8?,11+,13+,14-,15-/m1/s1. The second-order valence-corrected chi connectivity index (χ2v) is 7.89. The van der Waals surface area contributed by atoms with Gasteiger partial charge in [-0.1, -0.05) is 20.8 Å². The number of rotatable bonds is 0. The maximum absolute atomic E-state index is 12.6. The first-order chi connectivity index (χ1) is 10.5. The molecule has 0 aromatic heterocycles. The van der Waals surface area contributed by atoms with Gasteiger partial charge in [0.15, 0.2) is 6.10 Å². The summed E-state index contributed by atoms with van der Waals surface area (Å²) in [6.45, 7) is 5.19. The Bertz CT molecular complexity index is 650. The SMILES string of the molecule is CC(C)(C)[C@]1(O)C[C@H]2OC(=O)C[C@@]23C(=O)O[C@@H]2OC(=O)C(O)[C@]213. The third-order valence-corrected chi connectivity index (χ3v) is 6.22. The molecule has 0 aromatic rings. The lowest BCUT2D eigenvalue weighted by Gasteiger charge is -2.49. The zero-order valence-corrected chi connectivity index (χ0v) is 13.0. The van der Waals surface area contributed by atoms with Gasteiger partial charge in [-0.15, -0.1) is 0 Å². The normalized spacial score (nSPS) is 51.0. The monoisotopic (exact) mass is 326 g/mol. The molecule has 0 amide bonds. The molecule has 0 aromatic carbocycles. The van der Waals surface area contributed by atoms with Crippen LogP contribution >= 0.6 is 0 Å². The lowest BCUT2D eigenvalue weighted by Crippen LogP contribution is -2.65. The third-order valence-electron chi connectivity index (χ3n) is 6.22. The first-order valence-electron chi connectivity index (χ1n) is 7.54. The Balaban J connectivity index is 2.05. The van der Waals surface area contributed by atoms with Gasteiger partial charge in [-0.2, -0.15) is 0 Å². The molecule has 0 bridgehead atoms. The minimum atomic E-state index is -1.78. The second kappa shape index (κ2) is 3.70. The zero-order chi connectivity index (χ0) is 17.0. The number of aliphatic hydroxyl groups excluding tert-OH is 1. The molecule has 23 heavy (non-hydrogen) atoms. The molecule has 3 heterocycles. The molecule has 8 nitrogen and oxygen atoms in total. The molecule has 6 atom stereocenters. The number of ether oxygens (including phenoxy) is 3. The van der Waals surface area contributed by atoms with Gasteiger partial charge >= 0.3 is 17.9 Å². The molecule has 4 rings (SSSR count). The highest BCUT2D eigenvalue weighted by molar-refractivity contribution is 5.94. The van der Waals surface area contributed by atoms with Crippen molar-refractivity contribution in [1.29, 1.82) is 0 Å². The van der Waals surface area contributed by atoms with E-state index < -0.39 is 58.3 Å². The van der Waals surface area contributed by atoms with Crippen molar-refractivity contribution in [2.45, 2.75) is 57.7 Å². The van der Waals surface area contributed by atoms with Crippen LogP contribution in [0.2, 0.25) is 0 Å². The predicted molar refractivity (Wildman–Crippen MR) is 70.4 cm³/mol. The van der Waals surface area contributed by atoms with Gasteiger partial charge in [0.1, 0.15) is 16.9 Å². The number of hydrogen-bond acceptors (Lipinski definition) is 8. The number of hydrogen-bond donors (Lipinski definition) is 2. The van der Waals surface area contributed by atoms with Crippen LogP contribution in [0.15, 0.2) is 0 Å². The van der Waals surface area contributed by atoms with Crippen LogP contribution in [-0.2, 0) is 28.6 Å². The van der Waals surface area contributed by atoms with Crippen molar-refractivity contribution in [2.75, 3.05) is 0 Å². The maximum Gasteiger partial charge on any atom is 0.339 e. The number of carbonyl (C=O) groups is 3. The van der Waals surface area contributed by atoms with Crippen molar-refractivity contribution < 1.29 is 38.8 Å². The summed E-state index contributed by atoms with van der Waals surface area (Å²) in [5.74, 6) is -2.36. The Kier molecular flexibility index (Phi) is 2.39. The fraction of sp³-hybridized carbons (Fsp3) is 0.800. The molecule has 2 spiro atoms. The highest BCUT2D eigenvalue weighted by atomic mass is 16.7. The molecule has 2 N–H and O–H groups in total. The van der Waals surface area contributed by atoms with Gasteiger partial charge in [-0.3, -0.25) is 9.59 Å². The van der Waals surface area contributed by atoms with E-state index in [0.717, 1.165) is 0 Å². The second-order valence-electron chi connectivity index (χ2n) is 7.89. The van der Waals surface area contributed by atoms with E-state index in [0.29, 0.717) is 0 Å². The summed E-state index contributed by atoms with van der Waals surface area (Å²) in [4.78, 5) is 36.5. The minimum Gasteiger partial charge on any atom is -0.461 e. The van der Waals surface area contributed by atoms with Gasteiger partial charge in [0, 0.05) is 6.42 Å². The molecule has 3 aliphatic heterocycles. The maximum atomic E-state index is 12.6. The Morgan fingerprint density at radius 3 is 2.39 bits per heavy atom. The summed E-state index contributed by atoms with van der Waals surface area (Å²) in [5.41, 5.74) is -5.91. The van der Waals surface area contributed by atoms with E-state index in [1.54, 1.807) is 20.8 Å². The third kappa shape index (κ3) is 1.20. The highest BCUT2D eigenvalue weighted by Gasteiger charge is 2.92. The lowest BCUT2D eigenvalue weighted by atomic mass is 9.52. The molecule has 0 radical (unpaired) electrons. The van der Waals surface area contributed by atoms with Crippen LogP contribution in [0.25, 0.3) is 0 Å². The van der Waals surface area contributed by atoms with Crippen molar-refractivity contribution in [3.05, 3.63) is 0 Å². The van der Waals surface area contributed by atoms with Gasteiger partial charge in [-0.05, 0) is 5.41 Å². The molecule has 4 aliphatic rings. The van der Waals surface area contributed by atoms with Gasteiger partial charge in [-0.25, -0.2) is 4.79 Å². The summed E-state index contributed by atoms with van der Waals surface area (Å²) >= 11 is 0. The molecular weight excluding hydrogens is 308 g/mol. The van der Waals surface area contributed by atoms with Crippen LogP contribution in [0.1, 0.15) is 33.6 Å². The molecule has 1 saturated carbocycles. The Hall–Kier alpha value is -1.67. The lowest BCUT2D eigenvalue weighted by molar-refractivity contribution is -0.224. The highest BCUT2D eigenvalue weighted by Crippen LogP contribution is 2.75. The molecular formula is C15H18O8. The summed E-state index contributed by atoms with van der Waals surface area (Å²) in [7, 11) is 0. The zero-order valence-electron chi connectivity index (χ0n) is 13.0. The summed E-state index contributed by atoms with van der Waals surface area (Å²) < 4.78 is 15.5. The van der Waals surface area contributed by atoms with Crippen LogP contribution in [0.3, 0.4) is 0 Å². The largest absolute Gasteiger partial charge is 0.461 e. The Morgan fingerprint density at radius 1 is 1.13 bits per heavy atom. The van der Waals surface area contributed by atoms with E-state index >= 15 is 0 Å². The topological polar surface area (TPSA) is 119 Å². The fourth-order valence-corrected chi connectivity index (χ4v) is 5.15. The first-order valence-corrected chi connectivity index (χ1v) is 7.54. The van der Waals surface area contributed by atoms with Crippen molar-refractivity contribution in [3.63, 3.8) is 0 Å². The van der Waals surface area contributed by atoms with Crippen molar-refractivity contribution >= 4 is 17.9 Å². The number of esters is 3. The van der Waals surface area contributed by atoms with Gasteiger partial charge in [0.2, 0.25) is 0 Å². The molecule has 4 fully saturated rings. The van der Waals surface area contributed by atoms with E-state index in [-0.39, 0.29) is 12.8 Å². The summed E-state index contributed by atoms with van der Waals surface area (Å²) in [6.07, 6.45) is -4.58. The molecule has 8 heteroatoms. The summed E-state index contributed by atoms with van der Waals surface area (Å²) in [6, 6.07) is 0. The van der Waals surface area contributed by atoms with Crippen LogP contribution < -0.4 is 0 Å². The Labute approximate surface area is 131 Å². The van der Waals surface area contributed by atoms with Gasteiger partial charge in [0.25, 0.3) is 6.29 Å². The number of aliphatic hydroxyl groups is 2. The van der Waals surface area contributed by atoms with Gasteiger partial charge < -0.3 is 24.4 Å². The van der Waals surface area contributed by atoms with E-state index in [1.807, 2.05) is 0 Å². The van der Waals surface area contributed by atoms with Crippen molar-refractivity contribution in [3.8, 4) is 0 Å². The van der Waals surface area contributed by atoms with E-state index in [4.69, 9.17) is 14.2 Å². The average Bonchev–Trinajstić information content (AvgIpc) is 3.00. The molecule has 3 saturated heterocycles. The smallest absolute Gasteiger partial charge is 0.339 e.